The number of aryl methyl sites for hydroxylation is 1. The molecule has 20 heavy (non-hydrogen) atoms. The zero-order valence-electron chi connectivity index (χ0n) is 11.4. The van der Waals surface area contributed by atoms with Crippen LogP contribution in [0.3, 0.4) is 0 Å². The van der Waals surface area contributed by atoms with Crippen LogP contribution < -0.4 is 4.90 Å². The van der Waals surface area contributed by atoms with Crippen LogP contribution in [0.2, 0.25) is 0 Å². The van der Waals surface area contributed by atoms with Gasteiger partial charge in [0.2, 0.25) is 0 Å². The zero-order valence-corrected chi connectivity index (χ0v) is 12.3. The fraction of sp³-hybridized carbons (Fsp3) is 0.357. The summed E-state index contributed by atoms with van der Waals surface area (Å²) in [5.74, 6) is -0.348. The largest absolute Gasteiger partial charge is 0.375 e. The second-order valence-electron chi connectivity index (χ2n) is 4.76. The molecule has 1 aromatic rings. The first-order chi connectivity index (χ1) is 9.43. The Bertz CT molecular complexity index is 619. The third kappa shape index (κ3) is 3.26. The molecular formula is C14H17NO4S. The van der Waals surface area contributed by atoms with Crippen LogP contribution in [0.5, 0.6) is 0 Å². The van der Waals surface area contributed by atoms with Crippen molar-refractivity contribution in [1.29, 1.82) is 0 Å². The van der Waals surface area contributed by atoms with E-state index in [4.69, 9.17) is 4.74 Å². The van der Waals surface area contributed by atoms with Crippen molar-refractivity contribution in [3.8, 4) is 0 Å². The number of carbonyl (C=O) groups excluding carboxylic acids is 1. The van der Waals surface area contributed by atoms with Gasteiger partial charge >= 0.3 is 0 Å². The molecule has 108 valence electrons. The smallest absolute Gasteiger partial charge is 0.253 e. The minimum Gasteiger partial charge on any atom is -0.375 e. The number of amides is 1. The lowest BCUT2D eigenvalue weighted by molar-refractivity contribution is -0.122. The Kier molecular flexibility index (Phi) is 4.25. The molecule has 1 aromatic carbocycles. The van der Waals surface area contributed by atoms with Crippen molar-refractivity contribution in [2.75, 3.05) is 24.4 Å². The highest BCUT2D eigenvalue weighted by Gasteiger charge is 2.31. The molecular weight excluding hydrogens is 278 g/mol. The molecule has 2 rings (SSSR count). The maximum atomic E-state index is 12.2. The summed E-state index contributed by atoms with van der Waals surface area (Å²) < 4.78 is 28.0. The Hall–Kier alpha value is -1.66. The summed E-state index contributed by atoms with van der Waals surface area (Å²) in [5.41, 5.74) is 1.74. The number of ether oxygens (including phenoxy) is 1. The van der Waals surface area contributed by atoms with Crippen molar-refractivity contribution in [2.45, 2.75) is 13.0 Å². The quantitative estimate of drug-likeness (QED) is 0.839. The molecule has 5 nitrogen and oxygen atoms in total. The van der Waals surface area contributed by atoms with Gasteiger partial charge in [-0.3, -0.25) is 4.79 Å². The Morgan fingerprint density at radius 2 is 2.00 bits per heavy atom. The number of carbonyl (C=O) groups is 1. The van der Waals surface area contributed by atoms with E-state index in [-0.39, 0.29) is 18.3 Å². The Balaban J connectivity index is 2.33. The normalized spacial score (nSPS) is 20.0. The van der Waals surface area contributed by atoms with Crippen molar-refractivity contribution in [3.05, 3.63) is 41.3 Å². The maximum Gasteiger partial charge on any atom is 0.253 e. The van der Waals surface area contributed by atoms with Crippen LogP contribution in [0.25, 0.3) is 0 Å². The minimum absolute atomic E-state index is 0.0851. The lowest BCUT2D eigenvalue weighted by atomic mass is 10.1. The third-order valence-electron chi connectivity index (χ3n) is 3.09. The van der Waals surface area contributed by atoms with Crippen molar-refractivity contribution in [3.63, 3.8) is 0 Å². The number of anilines is 1. The van der Waals surface area contributed by atoms with E-state index >= 15 is 0 Å². The molecule has 0 N–H and O–H groups in total. The molecule has 0 spiro atoms. The van der Waals surface area contributed by atoms with Gasteiger partial charge in [0.25, 0.3) is 5.91 Å². The van der Waals surface area contributed by atoms with Crippen LogP contribution in [0.4, 0.5) is 5.69 Å². The summed E-state index contributed by atoms with van der Waals surface area (Å²) in [6.07, 6.45) is 1.54. The molecule has 1 amide bonds. The van der Waals surface area contributed by atoms with E-state index in [2.05, 4.69) is 0 Å². The molecule has 1 heterocycles. The van der Waals surface area contributed by atoms with Gasteiger partial charge in [0.05, 0.1) is 11.8 Å². The molecule has 0 fully saturated rings. The number of hydrogen-bond acceptors (Lipinski definition) is 4. The van der Waals surface area contributed by atoms with Crippen LogP contribution >= 0.6 is 0 Å². The summed E-state index contributed by atoms with van der Waals surface area (Å²) in [7, 11) is -1.78. The number of methoxy groups -OCH3 is 1. The number of benzene rings is 1. The van der Waals surface area contributed by atoms with Gasteiger partial charge in [-0.05, 0) is 25.1 Å². The molecule has 1 atom stereocenters. The fourth-order valence-corrected chi connectivity index (χ4v) is 3.41. The molecule has 1 aliphatic rings. The van der Waals surface area contributed by atoms with Crippen molar-refractivity contribution in [2.24, 2.45) is 0 Å². The third-order valence-corrected chi connectivity index (χ3v) is 4.47. The Labute approximate surface area is 118 Å². The topological polar surface area (TPSA) is 63.7 Å². The molecule has 0 aromatic heterocycles. The summed E-state index contributed by atoms with van der Waals surface area (Å²) in [6.45, 7) is 1.86. The van der Waals surface area contributed by atoms with Crippen molar-refractivity contribution >= 4 is 21.4 Å². The summed E-state index contributed by atoms with van der Waals surface area (Å²) in [4.78, 5) is 13.7. The standard InChI is InChI=1S/C14H17NO4S/c1-11-3-5-12(6-4-11)15(14(16)9-19-2)13-7-8-20(17,18)10-13/h3-8,13H,9-10H2,1-2H3/t13-/m1/s1. The van der Waals surface area contributed by atoms with Crippen molar-refractivity contribution in [1.82, 2.24) is 0 Å². The number of nitrogens with zero attached hydrogens (tertiary/aromatic N) is 1. The van der Waals surface area contributed by atoms with E-state index in [0.717, 1.165) is 5.56 Å². The van der Waals surface area contributed by atoms with E-state index < -0.39 is 15.9 Å². The van der Waals surface area contributed by atoms with Gasteiger partial charge in [-0.2, -0.15) is 0 Å². The summed E-state index contributed by atoms with van der Waals surface area (Å²) >= 11 is 0. The van der Waals surface area contributed by atoms with Gasteiger partial charge in [-0.1, -0.05) is 17.7 Å². The average Bonchev–Trinajstić information content (AvgIpc) is 2.73. The lowest BCUT2D eigenvalue weighted by Gasteiger charge is -2.27. The van der Waals surface area contributed by atoms with Crippen LogP contribution in [0, 0.1) is 6.92 Å². The zero-order chi connectivity index (χ0) is 14.8. The van der Waals surface area contributed by atoms with Gasteiger partial charge in [-0.15, -0.1) is 0 Å². The Morgan fingerprint density at radius 3 is 2.50 bits per heavy atom. The van der Waals surface area contributed by atoms with E-state index in [0.29, 0.717) is 5.69 Å². The highest BCUT2D eigenvalue weighted by Crippen LogP contribution is 2.23. The number of sulfone groups is 1. The van der Waals surface area contributed by atoms with Crippen molar-refractivity contribution < 1.29 is 17.9 Å². The SMILES string of the molecule is COCC(=O)N(c1ccc(C)cc1)[C@@H]1C=CS(=O)(=O)C1. The maximum absolute atomic E-state index is 12.2. The number of hydrogen-bond donors (Lipinski definition) is 0. The minimum atomic E-state index is -3.22. The van der Waals surface area contributed by atoms with E-state index in [1.54, 1.807) is 6.08 Å². The molecule has 0 saturated heterocycles. The predicted molar refractivity (Wildman–Crippen MR) is 77.3 cm³/mol. The van der Waals surface area contributed by atoms with Crippen LogP contribution in [-0.4, -0.2) is 39.8 Å². The summed E-state index contributed by atoms with van der Waals surface area (Å²) in [6, 6.07) is 6.90. The van der Waals surface area contributed by atoms with Crippen LogP contribution in [0.15, 0.2) is 35.7 Å². The first kappa shape index (κ1) is 14.7. The average molecular weight is 295 g/mol. The van der Waals surface area contributed by atoms with Crippen LogP contribution in [-0.2, 0) is 19.4 Å². The predicted octanol–water partition coefficient (Wildman–Crippen LogP) is 1.29. The van der Waals surface area contributed by atoms with Gasteiger partial charge < -0.3 is 9.64 Å². The van der Waals surface area contributed by atoms with Crippen LogP contribution in [0.1, 0.15) is 5.56 Å². The molecule has 0 aliphatic carbocycles. The molecule has 0 unspecified atom stereocenters. The molecule has 0 saturated carbocycles. The fourth-order valence-electron chi connectivity index (χ4n) is 2.14. The van der Waals surface area contributed by atoms with E-state index in [9.17, 15) is 13.2 Å². The molecule has 0 bridgehead atoms. The van der Waals surface area contributed by atoms with E-state index in [1.165, 1.54) is 17.4 Å². The second kappa shape index (κ2) is 5.76. The highest BCUT2D eigenvalue weighted by molar-refractivity contribution is 7.94. The molecule has 0 radical (unpaired) electrons. The molecule has 6 heteroatoms. The van der Waals surface area contributed by atoms with Gasteiger partial charge in [-0.25, -0.2) is 8.42 Å². The van der Waals surface area contributed by atoms with Gasteiger partial charge in [0.1, 0.15) is 6.61 Å². The first-order valence-corrected chi connectivity index (χ1v) is 7.93. The second-order valence-corrected chi connectivity index (χ2v) is 6.69. The number of rotatable bonds is 4. The molecule has 1 aliphatic heterocycles. The van der Waals surface area contributed by atoms with E-state index in [1.807, 2.05) is 31.2 Å². The lowest BCUT2D eigenvalue weighted by Crippen LogP contribution is -2.43. The summed E-state index contributed by atoms with van der Waals surface area (Å²) in [5, 5.41) is 1.17. The van der Waals surface area contributed by atoms with Gasteiger partial charge in [0.15, 0.2) is 9.84 Å². The Morgan fingerprint density at radius 1 is 1.35 bits per heavy atom. The monoisotopic (exact) mass is 295 g/mol. The van der Waals surface area contributed by atoms with Gasteiger partial charge in [0, 0.05) is 18.2 Å². The first-order valence-electron chi connectivity index (χ1n) is 6.21. The highest BCUT2D eigenvalue weighted by atomic mass is 32.2.